The van der Waals surface area contributed by atoms with Crippen LogP contribution in [-0.2, 0) is 9.53 Å². The number of carbonyl (C=O) groups is 1. The fourth-order valence-corrected chi connectivity index (χ4v) is 0.656. The molecule has 0 aromatic carbocycles. The van der Waals surface area contributed by atoms with Crippen LogP contribution in [0.2, 0.25) is 0 Å². The molecule has 0 aliphatic carbocycles. The van der Waals surface area contributed by atoms with Gasteiger partial charge in [-0.25, -0.2) is 0 Å². The van der Waals surface area contributed by atoms with Gasteiger partial charge in [0.1, 0.15) is 0 Å². The van der Waals surface area contributed by atoms with Crippen molar-refractivity contribution in [2.45, 2.75) is 25.7 Å². The number of rotatable bonds is 4. The normalized spacial score (nSPS) is 8.08. The van der Waals surface area contributed by atoms with Crippen LogP contribution in [0, 0.1) is 11.8 Å². The summed E-state index contributed by atoms with van der Waals surface area (Å²) in [6, 6.07) is 0. The molecule has 0 heterocycles. The smallest absolute Gasteiger partial charge is 0.305 e. The molecule has 12 heavy (non-hydrogen) atoms. The SMILES string of the molecule is C=CCC#CCCCC(=O)OC. The van der Waals surface area contributed by atoms with Crippen molar-refractivity contribution in [2.75, 3.05) is 7.11 Å². The lowest BCUT2D eigenvalue weighted by Crippen LogP contribution is -1.98. The van der Waals surface area contributed by atoms with Crippen LogP contribution in [0.1, 0.15) is 25.7 Å². The van der Waals surface area contributed by atoms with Crippen LogP contribution in [0.5, 0.6) is 0 Å². The van der Waals surface area contributed by atoms with Crippen LogP contribution in [0.15, 0.2) is 12.7 Å². The number of unbranched alkanes of at least 4 members (excludes halogenated alkanes) is 1. The topological polar surface area (TPSA) is 26.3 Å². The third kappa shape index (κ3) is 6.88. The summed E-state index contributed by atoms with van der Waals surface area (Å²) in [6.45, 7) is 3.54. The van der Waals surface area contributed by atoms with E-state index in [1.165, 1.54) is 7.11 Å². The second-order valence-electron chi connectivity index (χ2n) is 2.28. The Kier molecular flexibility index (Phi) is 7.07. The molecule has 2 heteroatoms. The summed E-state index contributed by atoms with van der Waals surface area (Å²) < 4.78 is 4.47. The van der Waals surface area contributed by atoms with Gasteiger partial charge in [0.05, 0.1) is 7.11 Å². The van der Waals surface area contributed by atoms with Gasteiger partial charge in [-0.05, 0) is 6.42 Å². The van der Waals surface area contributed by atoms with E-state index in [0.717, 1.165) is 19.3 Å². The van der Waals surface area contributed by atoms with Crippen molar-refractivity contribution < 1.29 is 9.53 Å². The van der Waals surface area contributed by atoms with Crippen molar-refractivity contribution in [3.63, 3.8) is 0 Å². The fourth-order valence-electron chi connectivity index (χ4n) is 0.656. The molecule has 0 unspecified atom stereocenters. The number of esters is 1. The van der Waals surface area contributed by atoms with Crippen molar-refractivity contribution in [1.29, 1.82) is 0 Å². The zero-order chi connectivity index (χ0) is 9.23. The molecule has 66 valence electrons. The standard InChI is InChI=1S/C10H14O2/c1-3-4-5-6-7-8-9-10(11)12-2/h3H,1,4,7-9H2,2H3. The maximum atomic E-state index is 10.6. The molecular formula is C10H14O2. The van der Waals surface area contributed by atoms with E-state index in [1.807, 2.05) is 0 Å². The van der Waals surface area contributed by atoms with Crippen LogP contribution in [0.25, 0.3) is 0 Å². The first-order valence-electron chi connectivity index (χ1n) is 3.94. The summed E-state index contributed by atoms with van der Waals surface area (Å²) in [4.78, 5) is 10.6. The molecule has 0 saturated heterocycles. The monoisotopic (exact) mass is 166 g/mol. The Bertz CT molecular complexity index is 196. The highest BCUT2D eigenvalue weighted by Gasteiger charge is 1.96. The quantitative estimate of drug-likeness (QED) is 0.276. The van der Waals surface area contributed by atoms with E-state index < -0.39 is 0 Å². The lowest BCUT2D eigenvalue weighted by molar-refractivity contribution is -0.140. The molecule has 0 aliphatic rings. The van der Waals surface area contributed by atoms with Crippen LogP contribution >= 0.6 is 0 Å². The summed E-state index contributed by atoms with van der Waals surface area (Å²) in [5.74, 6) is 5.68. The molecule has 0 amide bonds. The van der Waals surface area contributed by atoms with Gasteiger partial charge in [-0.15, -0.1) is 12.5 Å². The highest BCUT2D eigenvalue weighted by molar-refractivity contribution is 5.69. The number of methoxy groups -OCH3 is 1. The Morgan fingerprint density at radius 1 is 1.58 bits per heavy atom. The van der Waals surface area contributed by atoms with Crippen LogP contribution < -0.4 is 0 Å². The summed E-state index contributed by atoms with van der Waals surface area (Å²) in [5, 5.41) is 0. The molecule has 0 bridgehead atoms. The van der Waals surface area contributed by atoms with E-state index in [2.05, 4.69) is 23.2 Å². The van der Waals surface area contributed by atoms with E-state index in [-0.39, 0.29) is 5.97 Å². The molecule has 0 spiro atoms. The average Bonchev–Trinajstić information content (AvgIpc) is 2.10. The van der Waals surface area contributed by atoms with Gasteiger partial charge in [0, 0.05) is 19.3 Å². The van der Waals surface area contributed by atoms with Crippen molar-refractivity contribution in [3.05, 3.63) is 12.7 Å². The maximum absolute atomic E-state index is 10.6. The van der Waals surface area contributed by atoms with Crippen molar-refractivity contribution in [3.8, 4) is 11.8 Å². The van der Waals surface area contributed by atoms with E-state index in [9.17, 15) is 4.79 Å². The molecule has 0 aromatic rings. The third-order valence-corrected chi connectivity index (χ3v) is 1.28. The van der Waals surface area contributed by atoms with Gasteiger partial charge in [0.25, 0.3) is 0 Å². The van der Waals surface area contributed by atoms with Gasteiger partial charge in [-0.2, -0.15) is 0 Å². The molecule has 0 saturated carbocycles. The number of ether oxygens (including phenoxy) is 1. The molecule has 0 atom stereocenters. The predicted octanol–water partition coefficient (Wildman–Crippen LogP) is 1.91. The Balaban J connectivity index is 3.28. The largest absolute Gasteiger partial charge is 0.469 e. The second-order valence-corrected chi connectivity index (χ2v) is 2.28. The van der Waals surface area contributed by atoms with Crippen molar-refractivity contribution >= 4 is 5.97 Å². The lowest BCUT2D eigenvalue weighted by atomic mass is 10.2. The molecule has 0 aromatic heterocycles. The zero-order valence-corrected chi connectivity index (χ0v) is 7.43. The maximum Gasteiger partial charge on any atom is 0.305 e. The summed E-state index contributed by atoms with van der Waals surface area (Å²) in [5.41, 5.74) is 0. The summed E-state index contributed by atoms with van der Waals surface area (Å²) in [6.07, 6.45) is 4.46. The Hall–Kier alpha value is -1.23. The zero-order valence-electron chi connectivity index (χ0n) is 7.43. The molecule has 0 aliphatic heterocycles. The first-order valence-corrected chi connectivity index (χ1v) is 3.94. The van der Waals surface area contributed by atoms with Crippen LogP contribution in [0.4, 0.5) is 0 Å². The Morgan fingerprint density at radius 3 is 2.92 bits per heavy atom. The lowest BCUT2D eigenvalue weighted by Gasteiger charge is -1.93. The van der Waals surface area contributed by atoms with Crippen molar-refractivity contribution in [2.24, 2.45) is 0 Å². The van der Waals surface area contributed by atoms with Crippen LogP contribution in [-0.4, -0.2) is 13.1 Å². The van der Waals surface area contributed by atoms with E-state index >= 15 is 0 Å². The first kappa shape index (κ1) is 10.8. The summed E-state index contributed by atoms with van der Waals surface area (Å²) >= 11 is 0. The van der Waals surface area contributed by atoms with Gasteiger partial charge in [-0.3, -0.25) is 4.79 Å². The minimum absolute atomic E-state index is 0.166. The minimum Gasteiger partial charge on any atom is -0.469 e. The number of hydrogen-bond donors (Lipinski definition) is 0. The van der Waals surface area contributed by atoms with Gasteiger partial charge < -0.3 is 4.74 Å². The van der Waals surface area contributed by atoms with Crippen LogP contribution in [0.3, 0.4) is 0 Å². The number of hydrogen-bond acceptors (Lipinski definition) is 2. The first-order chi connectivity index (χ1) is 5.81. The molecule has 0 rings (SSSR count). The van der Waals surface area contributed by atoms with Gasteiger partial charge >= 0.3 is 5.97 Å². The molecule has 2 nitrogen and oxygen atoms in total. The fraction of sp³-hybridized carbons (Fsp3) is 0.500. The number of allylic oxidation sites excluding steroid dienone is 1. The highest BCUT2D eigenvalue weighted by Crippen LogP contribution is 1.95. The Morgan fingerprint density at radius 2 is 2.33 bits per heavy atom. The number of carbonyl (C=O) groups excluding carboxylic acids is 1. The van der Waals surface area contributed by atoms with Gasteiger partial charge in [0.2, 0.25) is 0 Å². The van der Waals surface area contributed by atoms with E-state index in [1.54, 1.807) is 6.08 Å². The molecule has 0 fully saturated rings. The highest BCUT2D eigenvalue weighted by atomic mass is 16.5. The summed E-state index contributed by atoms with van der Waals surface area (Å²) in [7, 11) is 1.39. The molecular weight excluding hydrogens is 152 g/mol. The minimum atomic E-state index is -0.166. The van der Waals surface area contributed by atoms with Gasteiger partial charge in [0.15, 0.2) is 0 Å². The van der Waals surface area contributed by atoms with E-state index in [4.69, 9.17) is 0 Å². The molecule has 0 radical (unpaired) electrons. The van der Waals surface area contributed by atoms with Crippen molar-refractivity contribution in [1.82, 2.24) is 0 Å². The average molecular weight is 166 g/mol. The Labute approximate surface area is 73.6 Å². The predicted molar refractivity (Wildman–Crippen MR) is 48.5 cm³/mol. The second kappa shape index (κ2) is 7.87. The molecule has 0 N–H and O–H groups in total. The van der Waals surface area contributed by atoms with E-state index in [0.29, 0.717) is 6.42 Å². The third-order valence-electron chi connectivity index (χ3n) is 1.28. The van der Waals surface area contributed by atoms with Gasteiger partial charge in [-0.1, -0.05) is 12.0 Å².